The SMILES string of the molecule is CN(CCCc1nc2ccccc2[nH]1)CC[C@]1(C)C[C@H]2CCC[C@@H]1c1ccccc12. The van der Waals surface area contributed by atoms with Gasteiger partial charge in [0, 0.05) is 6.42 Å². The van der Waals surface area contributed by atoms with Crippen LogP contribution < -0.4 is 0 Å². The molecule has 1 aromatic heterocycles. The Kier molecular flexibility index (Phi) is 5.41. The van der Waals surface area contributed by atoms with Gasteiger partial charge in [-0.1, -0.05) is 49.7 Å². The second-order valence-electron chi connectivity index (χ2n) is 10.0. The van der Waals surface area contributed by atoms with Gasteiger partial charge >= 0.3 is 0 Å². The largest absolute Gasteiger partial charge is 0.342 e. The van der Waals surface area contributed by atoms with Crippen LogP contribution in [0.15, 0.2) is 48.5 Å². The van der Waals surface area contributed by atoms with Gasteiger partial charge in [-0.3, -0.25) is 0 Å². The minimum Gasteiger partial charge on any atom is -0.342 e. The Morgan fingerprint density at radius 3 is 2.70 bits per heavy atom. The first-order valence-corrected chi connectivity index (χ1v) is 11.8. The summed E-state index contributed by atoms with van der Waals surface area (Å²) < 4.78 is 0. The van der Waals surface area contributed by atoms with E-state index >= 15 is 0 Å². The molecule has 3 heteroatoms. The average molecular weight is 402 g/mol. The molecular formula is C27H35N3. The Morgan fingerprint density at radius 1 is 1.03 bits per heavy atom. The third-order valence-electron chi connectivity index (χ3n) is 7.87. The number of para-hydroxylation sites is 2. The van der Waals surface area contributed by atoms with Gasteiger partial charge in [0.1, 0.15) is 5.82 Å². The first-order chi connectivity index (χ1) is 14.6. The molecule has 0 unspecified atom stereocenters. The molecule has 3 aliphatic rings. The first-order valence-electron chi connectivity index (χ1n) is 11.8. The molecule has 3 aromatic rings. The Bertz CT molecular complexity index is 973. The van der Waals surface area contributed by atoms with Crippen molar-refractivity contribution in [2.24, 2.45) is 5.41 Å². The monoisotopic (exact) mass is 401 g/mol. The van der Waals surface area contributed by atoms with Crippen molar-refractivity contribution in [3.63, 3.8) is 0 Å². The van der Waals surface area contributed by atoms with E-state index in [0.29, 0.717) is 5.41 Å². The number of imidazole rings is 1. The molecule has 0 aliphatic heterocycles. The smallest absolute Gasteiger partial charge is 0.107 e. The molecule has 158 valence electrons. The summed E-state index contributed by atoms with van der Waals surface area (Å²) in [7, 11) is 2.30. The minimum atomic E-state index is 0.447. The third kappa shape index (κ3) is 3.80. The number of H-pyrrole nitrogens is 1. The quantitative estimate of drug-likeness (QED) is 0.505. The topological polar surface area (TPSA) is 31.9 Å². The van der Waals surface area contributed by atoms with Gasteiger partial charge in [-0.05, 0) is 92.8 Å². The van der Waals surface area contributed by atoms with Gasteiger partial charge in [0.25, 0.3) is 0 Å². The van der Waals surface area contributed by atoms with Gasteiger partial charge in [0.15, 0.2) is 0 Å². The molecule has 0 radical (unpaired) electrons. The second-order valence-corrected chi connectivity index (χ2v) is 10.0. The van der Waals surface area contributed by atoms with Gasteiger partial charge in [0.05, 0.1) is 11.0 Å². The van der Waals surface area contributed by atoms with Crippen molar-refractivity contribution in [3.05, 3.63) is 65.5 Å². The van der Waals surface area contributed by atoms with E-state index in [0.717, 1.165) is 48.1 Å². The van der Waals surface area contributed by atoms with Crippen molar-refractivity contribution in [2.75, 3.05) is 20.1 Å². The van der Waals surface area contributed by atoms with Gasteiger partial charge < -0.3 is 9.88 Å². The summed E-state index contributed by atoms with van der Waals surface area (Å²) in [4.78, 5) is 10.7. The van der Waals surface area contributed by atoms with Crippen LogP contribution in [0.3, 0.4) is 0 Å². The Balaban J connectivity index is 1.17. The molecule has 1 fully saturated rings. The summed E-state index contributed by atoms with van der Waals surface area (Å²) in [6.07, 6.45) is 9.02. The predicted octanol–water partition coefficient (Wildman–Crippen LogP) is 6.28. The van der Waals surface area contributed by atoms with Gasteiger partial charge in [-0.2, -0.15) is 0 Å². The number of aromatic nitrogens is 2. The molecular weight excluding hydrogens is 366 g/mol. The summed E-state index contributed by atoms with van der Waals surface area (Å²) in [5.41, 5.74) is 6.01. The third-order valence-corrected chi connectivity index (χ3v) is 7.87. The van der Waals surface area contributed by atoms with Crippen molar-refractivity contribution in [1.29, 1.82) is 0 Å². The number of hydrogen-bond donors (Lipinski definition) is 1. The second kappa shape index (κ2) is 8.19. The molecule has 1 saturated carbocycles. The normalized spacial score (nSPS) is 25.6. The van der Waals surface area contributed by atoms with Crippen molar-refractivity contribution in [3.8, 4) is 0 Å². The van der Waals surface area contributed by atoms with Crippen molar-refractivity contribution in [2.45, 2.75) is 63.7 Å². The highest BCUT2D eigenvalue weighted by atomic mass is 15.1. The molecule has 6 rings (SSSR count). The van der Waals surface area contributed by atoms with E-state index in [1.165, 1.54) is 38.6 Å². The highest BCUT2D eigenvalue weighted by Crippen LogP contribution is 2.57. The lowest BCUT2D eigenvalue weighted by atomic mass is 9.61. The molecule has 2 bridgehead atoms. The Hall–Kier alpha value is -2.13. The number of nitrogens with one attached hydrogen (secondary N) is 1. The molecule has 1 heterocycles. The summed E-state index contributed by atoms with van der Waals surface area (Å²) in [6, 6.07) is 17.6. The lowest BCUT2D eigenvalue weighted by molar-refractivity contribution is 0.159. The van der Waals surface area contributed by atoms with E-state index in [9.17, 15) is 0 Å². The van der Waals surface area contributed by atoms with Crippen molar-refractivity contribution >= 4 is 11.0 Å². The van der Waals surface area contributed by atoms with Gasteiger partial charge in [0.2, 0.25) is 0 Å². The van der Waals surface area contributed by atoms with Crippen LogP contribution in [-0.2, 0) is 6.42 Å². The Morgan fingerprint density at radius 2 is 1.83 bits per heavy atom. The highest BCUT2D eigenvalue weighted by molar-refractivity contribution is 5.74. The lowest BCUT2D eigenvalue weighted by Gasteiger charge is -2.44. The zero-order valence-corrected chi connectivity index (χ0v) is 18.5. The molecule has 1 N–H and O–H groups in total. The van der Waals surface area contributed by atoms with Gasteiger partial charge in [-0.25, -0.2) is 4.98 Å². The zero-order chi connectivity index (χ0) is 20.6. The van der Waals surface area contributed by atoms with E-state index in [-0.39, 0.29) is 0 Å². The van der Waals surface area contributed by atoms with E-state index in [4.69, 9.17) is 4.98 Å². The maximum absolute atomic E-state index is 4.72. The molecule has 3 atom stereocenters. The number of aryl methyl sites for hydroxylation is 1. The average Bonchev–Trinajstić information content (AvgIpc) is 2.98. The number of rotatable bonds is 7. The fraction of sp³-hybridized carbons (Fsp3) is 0.519. The number of fused-ring (bicyclic) bond motifs is 4. The zero-order valence-electron chi connectivity index (χ0n) is 18.5. The molecule has 2 aromatic carbocycles. The molecule has 3 aliphatic carbocycles. The number of benzene rings is 2. The first kappa shape index (κ1) is 19.8. The Labute approximate surface area is 180 Å². The van der Waals surface area contributed by atoms with Crippen LogP contribution in [0.2, 0.25) is 0 Å². The summed E-state index contributed by atoms with van der Waals surface area (Å²) >= 11 is 0. The van der Waals surface area contributed by atoms with E-state index < -0.39 is 0 Å². The van der Waals surface area contributed by atoms with Crippen LogP contribution in [0.25, 0.3) is 11.0 Å². The molecule has 3 nitrogen and oxygen atoms in total. The lowest BCUT2D eigenvalue weighted by Crippen LogP contribution is -2.35. The number of hydrogen-bond acceptors (Lipinski definition) is 2. The van der Waals surface area contributed by atoms with E-state index in [1.807, 2.05) is 0 Å². The predicted molar refractivity (Wildman–Crippen MR) is 125 cm³/mol. The fourth-order valence-electron chi connectivity index (χ4n) is 6.20. The van der Waals surface area contributed by atoms with Crippen LogP contribution in [0.1, 0.15) is 74.2 Å². The number of aromatic amines is 1. The van der Waals surface area contributed by atoms with Crippen LogP contribution in [0.4, 0.5) is 0 Å². The van der Waals surface area contributed by atoms with Crippen LogP contribution in [-0.4, -0.2) is 35.0 Å². The maximum Gasteiger partial charge on any atom is 0.107 e. The van der Waals surface area contributed by atoms with E-state index in [2.05, 4.69) is 72.4 Å². The summed E-state index contributed by atoms with van der Waals surface area (Å²) in [5, 5.41) is 0. The standard InChI is InChI=1S/C27H35N3/c1-27(19-20-9-7-12-23(27)22-11-4-3-10-21(20)22)16-18-30(2)17-8-15-26-28-24-13-5-6-14-25(24)29-26/h3-6,10-11,13-14,20,23H,7-9,12,15-19H2,1-2H3,(H,28,29)/t20-,23-,27-/m1/s1. The van der Waals surface area contributed by atoms with Crippen LogP contribution in [0, 0.1) is 5.41 Å². The van der Waals surface area contributed by atoms with Crippen LogP contribution >= 0.6 is 0 Å². The van der Waals surface area contributed by atoms with Crippen molar-refractivity contribution in [1.82, 2.24) is 14.9 Å². The molecule has 0 spiro atoms. The number of nitrogens with zero attached hydrogens (tertiary/aromatic N) is 2. The van der Waals surface area contributed by atoms with Crippen LogP contribution in [0.5, 0.6) is 0 Å². The fourth-order valence-corrected chi connectivity index (χ4v) is 6.20. The summed E-state index contributed by atoms with van der Waals surface area (Å²) in [5.74, 6) is 2.65. The molecule has 0 saturated heterocycles. The molecule has 0 amide bonds. The minimum absolute atomic E-state index is 0.447. The van der Waals surface area contributed by atoms with Gasteiger partial charge in [-0.15, -0.1) is 0 Å². The highest BCUT2D eigenvalue weighted by Gasteiger charge is 2.44. The van der Waals surface area contributed by atoms with Crippen molar-refractivity contribution < 1.29 is 0 Å². The summed E-state index contributed by atoms with van der Waals surface area (Å²) in [6.45, 7) is 4.91. The van der Waals surface area contributed by atoms with E-state index in [1.54, 1.807) is 11.1 Å². The molecule has 30 heavy (non-hydrogen) atoms. The maximum atomic E-state index is 4.72.